The average Bonchev–Trinajstić information content (AvgIpc) is 3.18. The van der Waals surface area contributed by atoms with E-state index in [0.717, 1.165) is 0 Å². The molecule has 2 saturated heterocycles. The molecule has 15 atom stereocenters. The Bertz CT molecular complexity index is 1050. The van der Waals surface area contributed by atoms with Gasteiger partial charge in [-0.3, -0.25) is 14.6 Å². The molecule has 43 heavy (non-hydrogen) atoms. The smallest absolute Gasteiger partial charge is 0.297 e. The summed E-state index contributed by atoms with van der Waals surface area (Å²) in [5, 5.41) is 87.4. The molecule has 3 aliphatic rings. The van der Waals surface area contributed by atoms with Gasteiger partial charge >= 0.3 is 0 Å². The maximum absolute atomic E-state index is 12.2. The number of aliphatic hydroxyl groups excluding tert-OH is 6. The Labute approximate surface area is 242 Å². The van der Waals surface area contributed by atoms with Gasteiger partial charge in [0.1, 0.15) is 54.8 Å². The van der Waals surface area contributed by atoms with Crippen molar-refractivity contribution in [2.24, 2.45) is 27.2 Å². The van der Waals surface area contributed by atoms with Gasteiger partial charge in [0.05, 0.1) is 25.1 Å². The average molecular weight is 628 g/mol. The Balaban J connectivity index is 2.12. The number of nitrogens with zero attached hydrogens (tertiary/aromatic N) is 3. The molecule has 0 aromatic rings. The fourth-order valence-corrected chi connectivity index (χ4v) is 5.30. The number of aldehydes is 1. The number of nitrogens with two attached hydrogens (primary N) is 3. The van der Waals surface area contributed by atoms with Gasteiger partial charge in [0.15, 0.2) is 30.4 Å². The van der Waals surface area contributed by atoms with E-state index in [-0.39, 0.29) is 6.29 Å². The minimum atomic E-state index is -3.23. The van der Waals surface area contributed by atoms with Crippen molar-refractivity contribution in [2.75, 3.05) is 13.7 Å². The number of carbonyl (C=O) groups is 1. The van der Waals surface area contributed by atoms with Crippen LogP contribution in [0.4, 0.5) is 0 Å². The first-order valence-corrected chi connectivity index (χ1v) is 12.8. The Morgan fingerprint density at radius 3 is 2.28 bits per heavy atom. The number of nitrogens with one attached hydrogen (secondary N) is 1. The summed E-state index contributed by atoms with van der Waals surface area (Å²) in [6, 6.07) is -5.08. The van der Waals surface area contributed by atoms with Crippen LogP contribution in [-0.2, 0) is 28.6 Å². The number of likely N-dealkylation sites (N-methyl/N-ethyl adjacent to an activating group) is 1. The van der Waals surface area contributed by atoms with Crippen LogP contribution < -0.4 is 22.5 Å². The molecule has 22 nitrogen and oxygen atoms in total. The zero-order chi connectivity index (χ0) is 32.4. The van der Waals surface area contributed by atoms with Crippen LogP contribution in [-0.4, -0.2) is 164 Å². The van der Waals surface area contributed by atoms with Crippen LogP contribution in [0, 0.1) is 10.1 Å². The number of ether oxygens (including phenoxy) is 4. The maximum atomic E-state index is 12.2. The van der Waals surface area contributed by atoms with Crippen molar-refractivity contribution in [1.29, 1.82) is 0 Å². The second-order valence-electron chi connectivity index (χ2n) is 10.1. The number of rotatable bonds is 11. The molecule has 0 aromatic heterocycles. The number of carbonyl (C=O) groups excluding carboxylic acids is 1. The lowest BCUT2D eigenvalue weighted by atomic mass is 9.79. The van der Waals surface area contributed by atoms with Gasteiger partial charge in [0, 0.05) is 0 Å². The zero-order valence-electron chi connectivity index (χ0n) is 22.8. The van der Waals surface area contributed by atoms with Crippen LogP contribution in [0.1, 0.15) is 6.92 Å². The van der Waals surface area contributed by atoms with E-state index in [1.165, 1.54) is 14.0 Å². The van der Waals surface area contributed by atoms with E-state index < -0.39 is 109 Å². The molecule has 0 aromatic carbocycles. The summed E-state index contributed by atoms with van der Waals surface area (Å²) in [4.78, 5) is 35.9. The first kappa shape index (κ1) is 34.6. The monoisotopic (exact) mass is 627 g/mol. The molecule has 3 rings (SSSR count). The van der Waals surface area contributed by atoms with Gasteiger partial charge in [-0.25, -0.2) is 4.99 Å². The summed E-state index contributed by atoms with van der Waals surface area (Å²) in [5.74, 6) is -4.03. The van der Waals surface area contributed by atoms with Gasteiger partial charge in [-0.05, 0) is 14.0 Å². The van der Waals surface area contributed by atoms with E-state index in [2.05, 4.69) is 15.3 Å². The predicted molar refractivity (Wildman–Crippen MR) is 137 cm³/mol. The molecule has 2 heterocycles. The summed E-state index contributed by atoms with van der Waals surface area (Å²) in [5.41, 5.74) is 13.6. The third-order valence-electron chi connectivity index (χ3n) is 7.61. The van der Waals surface area contributed by atoms with E-state index >= 15 is 0 Å². The van der Waals surface area contributed by atoms with Gasteiger partial charge in [-0.15, -0.1) is 10.1 Å². The highest BCUT2D eigenvalue weighted by atomic mass is 17.0. The fourth-order valence-electron chi connectivity index (χ4n) is 5.30. The molecule has 0 bridgehead atoms. The molecule has 0 unspecified atom stereocenters. The van der Waals surface area contributed by atoms with Crippen molar-refractivity contribution in [1.82, 2.24) is 5.32 Å². The third kappa shape index (κ3) is 6.22. The minimum Gasteiger partial charge on any atom is -0.394 e. The number of guanidine groups is 1. The number of aliphatic hydroxyl groups is 7. The molecule has 246 valence electrons. The van der Waals surface area contributed by atoms with E-state index in [9.17, 15) is 50.7 Å². The summed E-state index contributed by atoms with van der Waals surface area (Å²) >= 11 is 0. The Morgan fingerprint density at radius 1 is 1.12 bits per heavy atom. The van der Waals surface area contributed by atoms with Crippen molar-refractivity contribution in [3.05, 3.63) is 10.1 Å². The van der Waals surface area contributed by atoms with Crippen molar-refractivity contribution in [3.8, 4) is 0 Å². The molecule has 2 aliphatic heterocycles. The second kappa shape index (κ2) is 13.4. The Kier molecular flexibility index (Phi) is 10.8. The Morgan fingerprint density at radius 2 is 1.77 bits per heavy atom. The van der Waals surface area contributed by atoms with Crippen LogP contribution in [0.3, 0.4) is 0 Å². The molecule has 1 aliphatic carbocycles. The summed E-state index contributed by atoms with van der Waals surface area (Å²) in [6.07, 6.45) is -18.0. The number of aliphatic imine (C=N–C) groups is 2. The van der Waals surface area contributed by atoms with Gasteiger partial charge in [0.25, 0.3) is 10.9 Å². The van der Waals surface area contributed by atoms with Gasteiger partial charge in [-0.1, -0.05) is 0 Å². The highest BCUT2D eigenvalue weighted by Crippen LogP contribution is 2.43. The van der Waals surface area contributed by atoms with Crippen LogP contribution in [0.2, 0.25) is 0 Å². The predicted octanol–water partition coefficient (Wildman–Crippen LogP) is -7.91. The number of hydrogen-bond donors (Lipinski definition) is 11. The second-order valence-corrected chi connectivity index (χ2v) is 10.1. The van der Waals surface area contributed by atoms with Gasteiger partial charge in [0.2, 0.25) is 0 Å². The van der Waals surface area contributed by atoms with E-state index in [0.29, 0.717) is 6.34 Å². The molecular weight excluding hydrogens is 590 g/mol. The van der Waals surface area contributed by atoms with Gasteiger partial charge in [-0.2, -0.15) is 0 Å². The maximum Gasteiger partial charge on any atom is 0.297 e. The molecular formula is C21H37N7O15. The highest BCUT2D eigenvalue weighted by molar-refractivity contribution is 5.76. The van der Waals surface area contributed by atoms with E-state index in [4.69, 9.17) is 41.0 Å². The largest absolute Gasteiger partial charge is 0.394 e. The Hall–Kier alpha value is -2.87. The lowest BCUT2D eigenvalue weighted by molar-refractivity contribution is -0.805. The highest BCUT2D eigenvalue weighted by Gasteiger charge is 2.67. The minimum absolute atomic E-state index is 0.000766. The number of hydrogen-bond acceptors (Lipinski definition) is 18. The normalized spacial score (nSPS) is 46.9. The topological polar surface area (TPSA) is 363 Å². The zero-order valence-corrected chi connectivity index (χ0v) is 22.8. The summed E-state index contributed by atoms with van der Waals surface area (Å²) in [6.45, 7) is 0.389. The van der Waals surface area contributed by atoms with Crippen LogP contribution >= 0.6 is 0 Å². The third-order valence-corrected chi connectivity index (χ3v) is 7.61. The van der Waals surface area contributed by atoms with Crippen LogP contribution in [0.25, 0.3) is 0 Å². The lowest BCUT2D eigenvalue weighted by Gasteiger charge is -2.50. The van der Waals surface area contributed by atoms with Crippen molar-refractivity contribution in [3.63, 3.8) is 0 Å². The molecule has 0 spiro atoms. The molecule has 3 fully saturated rings. The van der Waals surface area contributed by atoms with Gasteiger partial charge < -0.3 is 77.2 Å². The van der Waals surface area contributed by atoms with Crippen LogP contribution in [0.15, 0.2) is 9.98 Å². The first-order valence-electron chi connectivity index (χ1n) is 12.8. The molecule has 22 heteroatoms. The molecule has 1 saturated carbocycles. The quantitative estimate of drug-likeness (QED) is 0.0253. The molecule has 0 amide bonds. The SMILES string of the molecule is CN[C@@H]1[C@H](O[C@H]2[C@H](O[C@]3(O[N+](=O)[O-])[C@H](O)[C@@H](O)[C@H](N=CN)[C@@H](O)[C@@H]3N=C(N)N)O[C@@H](C)[C@]2(O)C=O)O[C@@H](CO)[C@H](O)[C@H]1O. The van der Waals surface area contributed by atoms with E-state index in [1.54, 1.807) is 0 Å². The van der Waals surface area contributed by atoms with E-state index in [1.807, 2.05) is 0 Å². The first-order chi connectivity index (χ1) is 20.1. The lowest BCUT2D eigenvalue weighted by Crippen LogP contribution is -2.73. The molecule has 14 N–H and O–H groups in total. The van der Waals surface area contributed by atoms with Crippen molar-refractivity contribution < 1.29 is 69.4 Å². The standard InChI is InChI=1S/C21H37N7O15/c1-6-20(36,4-30)16(41-17-9(25-2)11(32)10(31)7(3-29)40-17)18(39-6)42-21(43-28(37)38)14(27-19(23)24)12(33)8(26-5-22)13(34)15(21)35/h4-18,25,29,31-36H,3H2,1-2H3,(H2,22,26)(H4,23,24,27)/t6-,7-,8+,9-,10-,11-,12+,13-,14-,15+,16-,17-,18-,20+,21+/m0/s1. The van der Waals surface area contributed by atoms with Crippen molar-refractivity contribution in [2.45, 2.75) is 97.8 Å². The van der Waals surface area contributed by atoms with Crippen molar-refractivity contribution >= 4 is 18.6 Å². The van der Waals surface area contributed by atoms with Crippen LogP contribution in [0.5, 0.6) is 0 Å². The molecule has 0 radical (unpaired) electrons. The summed E-state index contributed by atoms with van der Waals surface area (Å²) < 4.78 is 22.6. The summed E-state index contributed by atoms with van der Waals surface area (Å²) in [7, 11) is 1.34. The fraction of sp³-hybridized carbons (Fsp3) is 0.857.